The standard InChI is InChI=1S/C16H13F3N2O2/c1-9-5-6-12(8-13(9)14(20)22)21-15(23)10-3-2-4-11(7-10)16(17,18)19/h2-8H,1H3,(H2,20,22)(H,21,23). The van der Waals surface area contributed by atoms with Crippen molar-refractivity contribution in [1.29, 1.82) is 0 Å². The number of nitrogens with two attached hydrogens (primary N) is 1. The first-order chi connectivity index (χ1) is 10.7. The largest absolute Gasteiger partial charge is 0.416 e. The van der Waals surface area contributed by atoms with E-state index in [4.69, 9.17) is 5.73 Å². The summed E-state index contributed by atoms with van der Waals surface area (Å²) >= 11 is 0. The van der Waals surface area contributed by atoms with Crippen LogP contribution in [0.15, 0.2) is 42.5 Å². The van der Waals surface area contributed by atoms with Gasteiger partial charge in [-0.3, -0.25) is 9.59 Å². The van der Waals surface area contributed by atoms with Crippen molar-refractivity contribution in [3.63, 3.8) is 0 Å². The Morgan fingerprint density at radius 2 is 1.78 bits per heavy atom. The first-order valence-electron chi connectivity index (χ1n) is 6.57. The van der Waals surface area contributed by atoms with E-state index < -0.39 is 23.6 Å². The predicted octanol–water partition coefficient (Wildman–Crippen LogP) is 3.37. The summed E-state index contributed by atoms with van der Waals surface area (Å²) in [5.74, 6) is -1.37. The van der Waals surface area contributed by atoms with Gasteiger partial charge < -0.3 is 11.1 Å². The normalized spacial score (nSPS) is 11.1. The molecule has 23 heavy (non-hydrogen) atoms. The van der Waals surface area contributed by atoms with Gasteiger partial charge in [-0.1, -0.05) is 12.1 Å². The summed E-state index contributed by atoms with van der Waals surface area (Å²) in [6, 6.07) is 8.57. The predicted molar refractivity (Wildman–Crippen MR) is 79.1 cm³/mol. The van der Waals surface area contributed by atoms with E-state index in [0.29, 0.717) is 5.56 Å². The summed E-state index contributed by atoms with van der Waals surface area (Å²) in [7, 11) is 0. The Kier molecular flexibility index (Phi) is 4.40. The average molecular weight is 322 g/mol. The second-order valence-corrected chi connectivity index (χ2v) is 4.93. The molecule has 0 radical (unpaired) electrons. The lowest BCUT2D eigenvalue weighted by molar-refractivity contribution is -0.137. The van der Waals surface area contributed by atoms with Crippen LogP contribution in [0.4, 0.5) is 18.9 Å². The Morgan fingerprint density at radius 1 is 1.09 bits per heavy atom. The Labute approximate surface area is 130 Å². The number of halogens is 3. The highest BCUT2D eigenvalue weighted by Gasteiger charge is 2.30. The van der Waals surface area contributed by atoms with Crippen molar-refractivity contribution in [2.45, 2.75) is 13.1 Å². The Hall–Kier alpha value is -2.83. The highest BCUT2D eigenvalue weighted by Crippen LogP contribution is 2.29. The highest BCUT2D eigenvalue weighted by molar-refractivity contribution is 6.05. The number of aryl methyl sites for hydroxylation is 1. The van der Waals surface area contributed by atoms with Gasteiger partial charge in [-0.2, -0.15) is 13.2 Å². The van der Waals surface area contributed by atoms with Gasteiger partial charge in [0, 0.05) is 16.8 Å². The lowest BCUT2D eigenvalue weighted by Crippen LogP contribution is -2.16. The van der Waals surface area contributed by atoms with Gasteiger partial charge in [0.2, 0.25) is 5.91 Å². The molecule has 4 nitrogen and oxygen atoms in total. The van der Waals surface area contributed by atoms with Crippen molar-refractivity contribution in [3.8, 4) is 0 Å². The van der Waals surface area contributed by atoms with Crippen LogP contribution in [0.5, 0.6) is 0 Å². The third-order valence-electron chi connectivity index (χ3n) is 3.21. The van der Waals surface area contributed by atoms with Gasteiger partial charge >= 0.3 is 6.18 Å². The number of anilines is 1. The Balaban J connectivity index is 2.26. The van der Waals surface area contributed by atoms with Crippen molar-refractivity contribution in [1.82, 2.24) is 0 Å². The number of primary amides is 1. The van der Waals surface area contributed by atoms with Crippen molar-refractivity contribution >= 4 is 17.5 Å². The van der Waals surface area contributed by atoms with Crippen LogP contribution in [0, 0.1) is 6.92 Å². The molecular weight excluding hydrogens is 309 g/mol. The van der Waals surface area contributed by atoms with Gasteiger partial charge in [0.25, 0.3) is 5.91 Å². The van der Waals surface area contributed by atoms with E-state index in [2.05, 4.69) is 5.32 Å². The van der Waals surface area contributed by atoms with Gasteiger partial charge in [0.1, 0.15) is 0 Å². The number of hydrogen-bond acceptors (Lipinski definition) is 2. The fourth-order valence-electron chi connectivity index (χ4n) is 2.01. The summed E-state index contributed by atoms with van der Waals surface area (Å²) < 4.78 is 38.0. The Bertz CT molecular complexity index is 770. The Morgan fingerprint density at radius 3 is 2.39 bits per heavy atom. The van der Waals surface area contributed by atoms with Crippen molar-refractivity contribution in [2.75, 3.05) is 5.32 Å². The molecule has 0 aliphatic rings. The van der Waals surface area contributed by atoms with Crippen LogP contribution in [0.1, 0.15) is 31.8 Å². The molecule has 0 spiro atoms. The molecule has 0 aromatic heterocycles. The van der Waals surface area contributed by atoms with Crippen LogP contribution in [-0.4, -0.2) is 11.8 Å². The first-order valence-corrected chi connectivity index (χ1v) is 6.57. The van der Waals surface area contributed by atoms with E-state index in [1.165, 1.54) is 18.2 Å². The van der Waals surface area contributed by atoms with Crippen LogP contribution in [-0.2, 0) is 6.18 Å². The van der Waals surface area contributed by atoms with E-state index in [0.717, 1.165) is 18.2 Å². The van der Waals surface area contributed by atoms with Gasteiger partial charge in [0.15, 0.2) is 0 Å². The SMILES string of the molecule is Cc1ccc(NC(=O)c2cccc(C(F)(F)F)c2)cc1C(N)=O. The number of nitrogens with one attached hydrogen (secondary N) is 1. The van der Waals surface area contributed by atoms with Crippen LogP contribution >= 0.6 is 0 Å². The summed E-state index contributed by atoms with van der Waals surface area (Å²) in [5, 5.41) is 2.45. The second-order valence-electron chi connectivity index (χ2n) is 4.93. The number of benzene rings is 2. The molecule has 0 aliphatic heterocycles. The maximum absolute atomic E-state index is 12.7. The van der Waals surface area contributed by atoms with Gasteiger partial charge in [-0.05, 0) is 42.8 Å². The summed E-state index contributed by atoms with van der Waals surface area (Å²) in [5.41, 5.74) is 5.30. The number of carbonyl (C=O) groups excluding carboxylic acids is 2. The van der Waals surface area contributed by atoms with Gasteiger partial charge in [-0.15, -0.1) is 0 Å². The molecule has 0 atom stereocenters. The zero-order chi connectivity index (χ0) is 17.2. The van der Waals surface area contributed by atoms with Crippen LogP contribution in [0.3, 0.4) is 0 Å². The topological polar surface area (TPSA) is 72.2 Å². The summed E-state index contributed by atoms with van der Waals surface area (Å²) in [6.07, 6.45) is -4.53. The van der Waals surface area contributed by atoms with Crippen LogP contribution in [0.2, 0.25) is 0 Å². The third kappa shape index (κ3) is 3.88. The molecule has 2 aromatic rings. The smallest absolute Gasteiger partial charge is 0.366 e. The number of hydrogen-bond donors (Lipinski definition) is 2. The van der Waals surface area contributed by atoms with Crippen molar-refractivity contribution < 1.29 is 22.8 Å². The molecule has 0 heterocycles. The molecule has 0 bridgehead atoms. The fourth-order valence-corrected chi connectivity index (χ4v) is 2.01. The van der Waals surface area contributed by atoms with E-state index in [-0.39, 0.29) is 16.8 Å². The van der Waals surface area contributed by atoms with Gasteiger partial charge in [-0.25, -0.2) is 0 Å². The third-order valence-corrected chi connectivity index (χ3v) is 3.21. The maximum atomic E-state index is 12.7. The number of carbonyl (C=O) groups is 2. The monoisotopic (exact) mass is 322 g/mol. The molecule has 3 N–H and O–H groups in total. The van der Waals surface area contributed by atoms with Crippen molar-refractivity contribution in [3.05, 3.63) is 64.7 Å². The molecule has 0 aliphatic carbocycles. The number of rotatable bonds is 3. The lowest BCUT2D eigenvalue weighted by Gasteiger charge is -2.10. The van der Waals surface area contributed by atoms with Crippen molar-refractivity contribution in [2.24, 2.45) is 5.73 Å². The summed E-state index contributed by atoms with van der Waals surface area (Å²) in [6.45, 7) is 1.68. The number of amides is 2. The second kappa shape index (κ2) is 6.12. The average Bonchev–Trinajstić information content (AvgIpc) is 2.48. The van der Waals surface area contributed by atoms with E-state index in [1.807, 2.05) is 0 Å². The van der Waals surface area contributed by atoms with E-state index in [1.54, 1.807) is 13.0 Å². The van der Waals surface area contributed by atoms with Gasteiger partial charge in [0.05, 0.1) is 5.56 Å². The molecule has 0 saturated carbocycles. The highest BCUT2D eigenvalue weighted by atomic mass is 19.4. The molecule has 7 heteroatoms. The molecule has 0 unspecified atom stereocenters. The number of alkyl halides is 3. The molecule has 2 rings (SSSR count). The first kappa shape index (κ1) is 16.5. The van der Waals surface area contributed by atoms with Crippen LogP contribution < -0.4 is 11.1 Å². The van der Waals surface area contributed by atoms with E-state index in [9.17, 15) is 22.8 Å². The minimum absolute atomic E-state index is 0.138. The molecule has 120 valence electrons. The molecule has 0 saturated heterocycles. The minimum Gasteiger partial charge on any atom is -0.366 e. The van der Waals surface area contributed by atoms with E-state index >= 15 is 0 Å². The molecular formula is C16H13F3N2O2. The lowest BCUT2D eigenvalue weighted by atomic mass is 10.1. The maximum Gasteiger partial charge on any atom is 0.416 e. The molecule has 2 aromatic carbocycles. The van der Waals surface area contributed by atoms with Crippen LogP contribution in [0.25, 0.3) is 0 Å². The zero-order valence-electron chi connectivity index (χ0n) is 12.1. The fraction of sp³-hybridized carbons (Fsp3) is 0.125. The minimum atomic E-state index is -4.53. The zero-order valence-corrected chi connectivity index (χ0v) is 12.1. The molecule has 0 fully saturated rings. The quantitative estimate of drug-likeness (QED) is 0.909. The summed E-state index contributed by atoms with van der Waals surface area (Å²) in [4.78, 5) is 23.3. The molecule has 2 amide bonds.